The lowest BCUT2D eigenvalue weighted by molar-refractivity contribution is 0.133. The molecule has 0 amide bonds. The summed E-state index contributed by atoms with van der Waals surface area (Å²) in [7, 11) is -4.56. The van der Waals surface area contributed by atoms with E-state index < -0.39 is 26.7 Å². The first-order chi connectivity index (χ1) is 18.5. The molecule has 39 heavy (non-hydrogen) atoms. The van der Waals surface area contributed by atoms with Gasteiger partial charge in [-0.05, 0) is 71.2 Å². The number of hydrogen-bond donors (Lipinski definition) is 0. The van der Waals surface area contributed by atoms with Crippen molar-refractivity contribution in [1.82, 2.24) is 0 Å². The highest BCUT2D eigenvalue weighted by atomic mass is 31.1. The fourth-order valence-electron chi connectivity index (χ4n) is 4.22. The second-order valence-electron chi connectivity index (χ2n) is 10.00. The minimum Gasteiger partial charge on any atom is -0.441 e. The Balaban J connectivity index is 1.79. The highest BCUT2D eigenvalue weighted by molar-refractivity contribution is 7.41. The van der Waals surface area contributed by atoms with Crippen molar-refractivity contribution >= 4 is 16.1 Å². The Bertz CT molecular complexity index is 1290. The molecule has 0 N–H and O–H groups in total. The Labute approximate surface area is 234 Å². The zero-order chi connectivity index (χ0) is 28.8. The Morgan fingerprint density at radius 2 is 1.03 bits per heavy atom. The molecule has 0 aromatic heterocycles. The van der Waals surface area contributed by atoms with Crippen molar-refractivity contribution in [1.29, 1.82) is 0 Å². The predicted octanol–water partition coefficient (Wildman–Crippen LogP) is 9.96. The molecule has 6 nitrogen and oxygen atoms in total. The average Bonchev–Trinajstić information content (AvgIpc) is 2.91. The standard InChI is InChI=1S/C31H40O6P2/c1-9-30(8,34-28-22(4)15-12-16-23(28)5)38(32)36-26-19-14-20-27(21-26)37-39(33)31(10-2,11-3)35-29-24(6)17-13-18-25(29)7/h12-21H,9-11H2,1-8H3/q+2. The number of ether oxygens (including phenoxy) is 2. The van der Waals surface area contributed by atoms with Crippen molar-refractivity contribution in [2.75, 3.05) is 0 Å². The predicted molar refractivity (Wildman–Crippen MR) is 158 cm³/mol. The van der Waals surface area contributed by atoms with E-state index >= 15 is 0 Å². The second kappa shape index (κ2) is 12.9. The molecule has 0 saturated carbocycles. The van der Waals surface area contributed by atoms with Crippen molar-refractivity contribution in [3.05, 3.63) is 82.9 Å². The molecule has 8 heteroatoms. The van der Waals surface area contributed by atoms with Crippen LogP contribution in [0, 0.1) is 27.7 Å². The van der Waals surface area contributed by atoms with Crippen LogP contribution < -0.4 is 18.5 Å². The molecule has 0 aliphatic carbocycles. The van der Waals surface area contributed by atoms with E-state index in [4.69, 9.17) is 18.5 Å². The van der Waals surface area contributed by atoms with Gasteiger partial charge in [-0.1, -0.05) is 63.2 Å². The summed E-state index contributed by atoms with van der Waals surface area (Å²) in [6.45, 7) is 15.5. The molecular formula is C31H40O6P2+2. The van der Waals surface area contributed by atoms with Gasteiger partial charge in [0.1, 0.15) is 11.5 Å². The zero-order valence-electron chi connectivity index (χ0n) is 24.2. The summed E-state index contributed by atoms with van der Waals surface area (Å²) in [4.78, 5) is 0. The molecule has 0 fully saturated rings. The van der Waals surface area contributed by atoms with Crippen LogP contribution in [0.1, 0.15) is 69.2 Å². The molecule has 0 saturated heterocycles. The van der Waals surface area contributed by atoms with Gasteiger partial charge in [0.05, 0.1) is 0 Å². The van der Waals surface area contributed by atoms with Crippen molar-refractivity contribution < 1.29 is 27.7 Å². The molecule has 0 spiro atoms. The first-order valence-electron chi connectivity index (χ1n) is 13.4. The lowest BCUT2D eigenvalue weighted by atomic mass is 10.1. The third-order valence-electron chi connectivity index (χ3n) is 7.09. The minimum atomic E-state index is -2.28. The van der Waals surface area contributed by atoms with Gasteiger partial charge >= 0.3 is 26.7 Å². The fraction of sp³-hybridized carbons (Fsp3) is 0.419. The SMILES string of the molecule is CCC(C)(Oc1c(C)cccc1C)[P+](=O)Oc1cccc(O[P+](=O)C(CC)(CC)Oc2c(C)cccc2C)c1. The monoisotopic (exact) mass is 570 g/mol. The van der Waals surface area contributed by atoms with Gasteiger partial charge in [0, 0.05) is 32.3 Å². The summed E-state index contributed by atoms with van der Waals surface area (Å²) in [5.41, 5.74) is 3.89. The largest absolute Gasteiger partial charge is 0.604 e. The summed E-state index contributed by atoms with van der Waals surface area (Å²) in [5.74, 6) is 2.13. The van der Waals surface area contributed by atoms with Gasteiger partial charge in [-0.25, -0.2) is 0 Å². The number of rotatable bonds is 13. The molecule has 208 valence electrons. The molecule has 3 atom stereocenters. The van der Waals surface area contributed by atoms with Gasteiger partial charge < -0.3 is 9.47 Å². The lowest BCUT2D eigenvalue weighted by Gasteiger charge is -2.23. The Hall–Kier alpha value is -2.94. The molecule has 3 rings (SSSR count). The first-order valence-corrected chi connectivity index (χ1v) is 15.7. The van der Waals surface area contributed by atoms with Crippen LogP contribution in [-0.2, 0) is 9.13 Å². The fourth-order valence-corrected chi connectivity index (χ4v) is 6.29. The quantitative estimate of drug-likeness (QED) is 0.191. The van der Waals surface area contributed by atoms with Gasteiger partial charge in [0.15, 0.2) is 11.5 Å². The third-order valence-corrected chi connectivity index (χ3v) is 10.4. The van der Waals surface area contributed by atoms with Crippen LogP contribution in [0.25, 0.3) is 0 Å². The Kier molecular flexibility index (Phi) is 10.2. The zero-order valence-corrected chi connectivity index (χ0v) is 26.0. The first kappa shape index (κ1) is 30.6. The van der Waals surface area contributed by atoms with Gasteiger partial charge in [-0.15, -0.1) is 0 Å². The van der Waals surface area contributed by atoms with Gasteiger partial charge in [-0.2, -0.15) is 0 Å². The lowest BCUT2D eigenvalue weighted by Crippen LogP contribution is -2.32. The van der Waals surface area contributed by atoms with Crippen LogP contribution in [0.2, 0.25) is 0 Å². The Morgan fingerprint density at radius 1 is 0.615 bits per heavy atom. The molecule has 3 unspecified atom stereocenters. The van der Waals surface area contributed by atoms with Crippen LogP contribution in [0.3, 0.4) is 0 Å². The Morgan fingerprint density at radius 3 is 1.46 bits per heavy atom. The summed E-state index contributed by atoms with van der Waals surface area (Å²) in [6, 6.07) is 18.5. The molecule has 0 heterocycles. The summed E-state index contributed by atoms with van der Waals surface area (Å²) in [6.07, 6.45) is 1.47. The van der Waals surface area contributed by atoms with Crippen LogP contribution in [0.5, 0.6) is 23.0 Å². The molecule has 0 aliphatic heterocycles. The maximum atomic E-state index is 13.6. The van der Waals surface area contributed by atoms with Crippen LogP contribution in [0.15, 0.2) is 60.7 Å². The number of benzene rings is 3. The van der Waals surface area contributed by atoms with E-state index in [1.807, 2.05) is 84.9 Å². The molecule has 0 bridgehead atoms. The summed E-state index contributed by atoms with van der Waals surface area (Å²) < 4.78 is 51.6. The van der Waals surface area contributed by atoms with E-state index in [-0.39, 0.29) is 0 Å². The molecule has 0 aliphatic rings. The van der Waals surface area contributed by atoms with Crippen LogP contribution in [0.4, 0.5) is 0 Å². The van der Waals surface area contributed by atoms with Crippen molar-refractivity contribution in [3.63, 3.8) is 0 Å². The van der Waals surface area contributed by atoms with Crippen LogP contribution >= 0.6 is 16.1 Å². The minimum absolute atomic E-state index is 0.344. The summed E-state index contributed by atoms with van der Waals surface area (Å²) >= 11 is 0. The molecule has 3 aromatic rings. The molecule has 0 radical (unpaired) electrons. The average molecular weight is 571 g/mol. The number of hydrogen-bond acceptors (Lipinski definition) is 6. The number of para-hydroxylation sites is 2. The van der Waals surface area contributed by atoms with Gasteiger partial charge in [0.2, 0.25) is 0 Å². The second-order valence-corrected chi connectivity index (χ2v) is 13.2. The smallest absolute Gasteiger partial charge is 0.441 e. The molecular weight excluding hydrogens is 530 g/mol. The third kappa shape index (κ3) is 6.99. The molecule has 3 aromatic carbocycles. The van der Waals surface area contributed by atoms with E-state index in [2.05, 4.69) is 0 Å². The van der Waals surface area contributed by atoms with Crippen molar-refractivity contribution in [2.24, 2.45) is 0 Å². The van der Waals surface area contributed by atoms with E-state index in [0.29, 0.717) is 36.5 Å². The normalized spacial score (nSPS) is 13.7. The van der Waals surface area contributed by atoms with Gasteiger partial charge in [-0.3, -0.25) is 9.05 Å². The van der Waals surface area contributed by atoms with Crippen LogP contribution in [-0.4, -0.2) is 10.7 Å². The maximum Gasteiger partial charge on any atom is 0.604 e. The maximum absolute atomic E-state index is 13.6. The highest BCUT2D eigenvalue weighted by Gasteiger charge is 2.53. The van der Waals surface area contributed by atoms with E-state index in [9.17, 15) is 9.13 Å². The van der Waals surface area contributed by atoms with E-state index in [1.165, 1.54) is 0 Å². The summed E-state index contributed by atoms with van der Waals surface area (Å²) in [5, 5.41) is -2.05. The highest BCUT2D eigenvalue weighted by Crippen LogP contribution is 2.49. The van der Waals surface area contributed by atoms with E-state index in [1.54, 1.807) is 31.2 Å². The number of aryl methyl sites for hydroxylation is 4. The van der Waals surface area contributed by atoms with Gasteiger partial charge in [0.25, 0.3) is 0 Å². The topological polar surface area (TPSA) is 71.1 Å². The van der Waals surface area contributed by atoms with Crippen molar-refractivity contribution in [3.8, 4) is 23.0 Å². The van der Waals surface area contributed by atoms with E-state index in [0.717, 1.165) is 28.0 Å². The van der Waals surface area contributed by atoms with Crippen molar-refractivity contribution in [2.45, 2.75) is 85.3 Å².